The summed E-state index contributed by atoms with van der Waals surface area (Å²) in [4.78, 5) is 16.8. The van der Waals surface area contributed by atoms with E-state index >= 15 is 0 Å². The summed E-state index contributed by atoms with van der Waals surface area (Å²) in [6.07, 6.45) is 4.76. The van der Waals surface area contributed by atoms with Gasteiger partial charge in [0.05, 0.1) is 6.04 Å². The maximum absolute atomic E-state index is 4.28. The normalized spacial score (nSPS) is 12.3. The SMILES string of the molecule is C[C@H](Nc1ncnc2nccnc12)c1ccccc1. The second kappa shape index (κ2) is 4.97. The summed E-state index contributed by atoms with van der Waals surface area (Å²) in [6.45, 7) is 2.08. The fourth-order valence-corrected chi connectivity index (χ4v) is 1.93. The number of nitrogens with one attached hydrogen (secondary N) is 1. The van der Waals surface area contributed by atoms with Gasteiger partial charge in [-0.2, -0.15) is 0 Å². The van der Waals surface area contributed by atoms with Crippen LogP contribution >= 0.6 is 0 Å². The topological polar surface area (TPSA) is 63.6 Å². The summed E-state index contributed by atoms with van der Waals surface area (Å²) in [7, 11) is 0. The number of fused-ring (bicyclic) bond motifs is 1. The maximum atomic E-state index is 4.28. The average molecular weight is 251 g/mol. The standard InChI is InChI=1S/C14H13N5/c1-10(11-5-3-2-4-6-11)19-14-12-13(17-9-18-14)16-8-7-15-12/h2-10H,1H3,(H,16,17,18,19)/t10-/m0/s1. The molecule has 0 fully saturated rings. The zero-order valence-electron chi connectivity index (χ0n) is 10.5. The molecule has 3 rings (SSSR count). The molecule has 19 heavy (non-hydrogen) atoms. The van der Waals surface area contributed by atoms with Crippen molar-refractivity contribution in [2.45, 2.75) is 13.0 Å². The van der Waals surface area contributed by atoms with E-state index in [-0.39, 0.29) is 6.04 Å². The Bertz CT molecular complexity index is 678. The summed E-state index contributed by atoms with van der Waals surface area (Å²) < 4.78 is 0. The van der Waals surface area contributed by atoms with Crippen molar-refractivity contribution in [2.75, 3.05) is 5.32 Å². The van der Waals surface area contributed by atoms with Gasteiger partial charge in [-0.25, -0.2) is 19.9 Å². The van der Waals surface area contributed by atoms with Crippen molar-refractivity contribution in [2.24, 2.45) is 0 Å². The van der Waals surface area contributed by atoms with Crippen LogP contribution in [-0.2, 0) is 0 Å². The van der Waals surface area contributed by atoms with Crippen molar-refractivity contribution in [3.05, 3.63) is 54.6 Å². The third kappa shape index (κ3) is 2.35. The molecule has 5 nitrogen and oxygen atoms in total. The average Bonchev–Trinajstić information content (AvgIpc) is 2.48. The van der Waals surface area contributed by atoms with Crippen molar-refractivity contribution in [1.82, 2.24) is 19.9 Å². The molecule has 3 aromatic rings. The lowest BCUT2D eigenvalue weighted by Crippen LogP contribution is -2.09. The highest BCUT2D eigenvalue weighted by molar-refractivity contribution is 5.81. The molecule has 0 aliphatic rings. The van der Waals surface area contributed by atoms with Gasteiger partial charge < -0.3 is 5.32 Å². The van der Waals surface area contributed by atoms with E-state index in [9.17, 15) is 0 Å². The molecule has 0 unspecified atom stereocenters. The zero-order valence-corrected chi connectivity index (χ0v) is 10.5. The Labute approximate surface area is 110 Å². The first-order chi connectivity index (χ1) is 9.34. The molecular weight excluding hydrogens is 238 g/mol. The first kappa shape index (κ1) is 11.5. The lowest BCUT2D eigenvalue weighted by atomic mass is 10.1. The van der Waals surface area contributed by atoms with Crippen molar-refractivity contribution in [1.29, 1.82) is 0 Å². The highest BCUT2D eigenvalue weighted by atomic mass is 15.1. The molecule has 0 aliphatic heterocycles. The molecule has 0 bridgehead atoms. The predicted molar refractivity (Wildman–Crippen MR) is 73.6 cm³/mol. The van der Waals surface area contributed by atoms with Gasteiger partial charge in [0.15, 0.2) is 11.5 Å². The number of hydrogen-bond donors (Lipinski definition) is 1. The predicted octanol–water partition coefficient (Wildman–Crippen LogP) is 2.59. The molecular formula is C14H13N5. The van der Waals surface area contributed by atoms with Gasteiger partial charge in [0.25, 0.3) is 0 Å². The number of anilines is 1. The number of hydrogen-bond acceptors (Lipinski definition) is 5. The molecule has 0 saturated heterocycles. The smallest absolute Gasteiger partial charge is 0.183 e. The number of aromatic nitrogens is 4. The Hall–Kier alpha value is -2.56. The highest BCUT2D eigenvalue weighted by Crippen LogP contribution is 2.21. The maximum Gasteiger partial charge on any atom is 0.183 e. The lowest BCUT2D eigenvalue weighted by Gasteiger charge is -2.15. The molecule has 1 N–H and O–H groups in total. The minimum Gasteiger partial charge on any atom is -0.362 e. The Morgan fingerprint density at radius 3 is 2.58 bits per heavy atom. The Morgan fingerprint density at radius 1 is 0.947 bits per heavy atom. The Kier molecular flexibility index (Phi) is 3.02. The van der Waals surface area contributed by atoms with E-state index in [1.165, 1.54) is 11.9 Å². The molecule has 94 valence electrons. The summed E-state index contributed by atoms with van der Waals surface area (Å²) in [5.74, 6) is 0.703. The third-order valence-corrected chi connectivity index (χ3v) is 2.92. The van der Waals surface area contributed by atoms with Gasteiger partial charge in [-0.3, -0.25) is 0 Å². The van der Waals surface area contributed by atoms with E-state index in [1.807, 2.05) is 18.2 Å². The molecule has 0 spiro atoms. The minimum absolute atomic E-state index is 0.140. The summed E-state index contributed by atoms with van der Waals surface area (Å²) in [6, 6.07) is 10.3. The van der Waals surface area contributed by atoms with E-state index < -0.39 is 0 Å². The van der Waals surface area contributed by atoms with Crippen LogP contribution in [-0.4, -0.2) is 19.9 Å². The number of rotatable bonds is 3. The molecule has 5 heteroatoms. The van der Waals surface area contributed by atoms with Crippen molar-refractivity contribution < 1.29 is 0 Å². The van der Waals surface area contributed by atoms with E-state index in [0.29, 0.717) is 17.0 Å². The minimum atomic E-state index is 0.140. The van der Waals surface area contributed by atoms with Crippen LogP contribution in [0.1, 0.15) is 18.5 Å². The molecule has 2 heterocycles. The van der Waals surface area contributed by atoms with Gasteiger partial charge >= 0.3 is 0 Å². The first-order valence-electron chi connectivity index (χ1n) is 6.08. The molecule has 0 amide bonds. The van der Waals surface area contributed by atoms with E-state index in [0.717, 1.165) is 0 Å². The van der Waals surface area contributed by atoms with E-state index in [4.69, 9.17) is 0 Å². The van der Waals surface area contributed by atoms with Crippen LogP contribution in [0.5, 0.6) is 0 Å². The van der Waals surface area contributed by atoms with Crippen LogP contribution in [0.25, 0.3) is 11.2 Å². The van der Waals surface area contributed by atoms with Gasteiger partial charge in [0.2, 0.25) is 0 Å². The van der Waals surface area contributed by atoms with Crippen LogP contribution in [0.4, 0.5) is 5.82 Å². The molecule has 0 aliphatic carbocycles. The van der Waals surface area contributed by atoms with Crippen LogP contribution in [0.15, 0.2) is 49.1 Å². The fourth-order valence-electron chi connectivity index (χ4n) is 1.93. The highest BCUT2D eigenvalue weighted by Gasteiger charge is 2.09. The van der Waals surface area contributed by atoms with Crippen LogP contribution in [0.2, 0.25) is 0 Å². The van der Waals surface area contributed by atoms with Gasteiger partial charge in [-0.15, -0.1) is 0 Å². The lowest BCUT2D eigenvalue weighted by molar-refractivity contribution is 0.874. The van der Waals surface area contributed by atoms with Crippen LogP contribution < -0.4 is 5.32 Å². The molecule has 2 aromatic heterocycles. The molecule has 0 radical (unpaired) electrons. The van der Waals surface area contributed by atoms with E-state index in [2.05, 4.69) is 44.3 Å². The second-order valence-electron chi connectivity index (χ2n) is 4.23. The second-order valence-corrected chi connectivity index (χ2v) is 4.23. The van der Waals surface area contributed by atoms with Gasteiger partial charge in [0.1, 0.15) is 11.8 Å². The van der Waals surface area contributed by atoms with Crippen LogP contribution in [0.3, 0.4) is 0 Å². The summed E-state index contributed by atoms with van der Waals surface area (Å²) in [5.41, 5.74) is 2.48. The third-order valence-electron chi connectivity index (χ3n) is 2.92. The van der Waals surface area contributed by atoms with E-state index in [1.54, 1.807) is 12.4 Å². The quantitative estimate of drug-likeness (QED) is 0.775. The number of benzene rings is 1. The van der Waals surface area contributed by atoms with Gasteiger partial charge in [-0.05, 0) is 12.5 Å². The monoisotopic (exact) mass is 251 g/mol. The molecule has 1 atom stereocenters. The summed E-state index contributed by atoms with van der Waals surface area (Å²) >= 11 is 0. The zero-order chi connectivity index (χ0) is 13.1. The number of nitrogens with zero attached hydrogens (tertiary/aromatic N) is 4. The largest absolute Gasteiger partial charge is 0.362 e. The van der Waals surface area contributed by atoms with Crippen molar-refractivity contribution in [3.8, 4) is 0 Å². The first-order valence-corrected chi connectivity index (χ1v) is 6.08. The van der Waals surface area contributed by atoms with Crippen LogP contribution in [0, 0.1) is 0 Å². The van der Waals surface area contributed by atoms with Crippen molar-refractivity contribution >= 4 is 17.0 Å². The summed E-state index contributed by atoms with van der Waals surface area (Å²) in [5, 5.41) is 3.35. The molecule has 0 saturated carbocycles. The Morgan fingerprint density at radius 2 is 1.74 bits per heavy atom. The van der Waals surface area contributed by atoms with Gasteiger partial charge in [0, 0.05) is 12.4 Å². The van der Waals surface area contributed by atoms with Gasteiger partial charge in [-0.1, -0.05) is 30.3 Å². The van der Waals surface area contributed by atoms with Crippen molar-refractivity contribution in [3.63, 3.8) is 0 Å². The fraction of sp³-hybridized carbons (Fsp3) is 0.143. The molecule has 1 aromatic carbocycles. The Balaban J connectivity index is 1.94.